The summed E-state index contributed by atoms with van der Waals surface area (Å²) in [5.41, 5.74) is -1.12. The molecule has 8 heteroatoms. The Hall–Kier alpha value is -2.90. The van der Waals surface area contributed by atoms with Gasteiger partial charge in [-0.25, -0.2) is 17.6 Å². The highest BCUT2D eigenvalue weighted by Gasteiger charge is 2.42. The molecule has 2 aromatic carbocycles. The van der Waals surface area contributed by atoms with E-state index >= 15 is 0 Å². The molecule has 1 aliphatic carbocycles. The zero-order valence-corrected chi connectivity index (χ0v) is 18.2. The molecule has 0 heterocycles. The van der Waals surface area contributed by atoms with Crippen LogP contribution in [0.15, 0.2) is 36.4 Å². The lowest BCUT2D eigenvalue weighted by molar-refractivity contribution is 0.0589. The topological polar surface area (TPSA) is 58.2 Å². The summed E-state index contributed by atoms with van der Waals surface area (Å²) >= 11 is 0. The number of carbonyl (C=O) groups excluding carboxylic acids is 2. The number of halogens is 4. The van der Waals surface area contributed by atoms with E-state index in [1.54, 1.807) is 0 Å². The van der Waals surface area contributed by atoms with Crippen molar-refractivity contribution in [3.63, 3.8) is 0 Å². The van der Waals surface area contributed by atoms with Crippen LogP contribution < -0.4 is 10.6 Å². The molecule has 0 aliphatic heterocycles. The Morgan fingerprint density at radius 3 is 1.94 bits per heavy atom. The van der Waals surface area contributed by atoms with Crippen LogP contribution in [0.1, 0.15) is 60.7 Å². The van der Waals surface area contributed by atoms with Crippen molar-refractivity contribution < 1.29 is 27.2 Å². The van der Waals surface area contributed by atoms with E-state index in [9.17, 15) is 27.2 Å². The molecular weight excluding hydrogens is 424 g/mol. The first-order chi connectivity index (χ1) is 14.9. The fraction of sp³-hybridized carbons (Fsp3) is 0.417. The van der Waals surface area contributed by atoms with Crippen LogP contribution in [0.5, 0.6) is 0 Å². The third-order valence-corrected chi connectivity index (χ3v) is 5.81. The average molecular weight is 450 g/mol. The molecule has 0 unspecified atom stereocenters. The van der Waals surface area contributed by atoms with Crippen LogP contribution >= 0.6 is 0 Å². The molecular formula is C24H26F4N2O2. The fourth-order valence-corrected chi connectivity index (χ4v) is 4.87. The summed E-state index contributed by atoms with van der Waals surface area (Å²) in [6.07, 6.45) is 1.86. The molecule has 2 amide bonds. The van der Waals surface area contributed by atoms with Crippen molar-refractivity contribution in [2.45, 2.75) is 46.1 Å². The van der Waals surface area contributed by atoms with Crippen LogP contribution in [-0.4, -0.2) is 24.4 Å². The predicted molar refractivity (Wildman–Crippen MR) is 112 cm³/mol. The van der Waals surface area contributed by atoms with Gasteiger partial charge in [0.05, 0.1) is 11.1 Å². The van der Waals surface area contributed by atoms with Gasteiger partial charge in [-0.1, -0.05) is 20.8 Å². The molecule has 0 saturated heterocycles. The normalized spacial score (nSPS) is 22.3. The monoisotopic (exact) mass is 450 g/mol. The second-order valence-electron chi connectivity index (χ2n) is 9.66. The number of nitrogens with one attached hydrogen (secondary N) is 2. The molecule has 2 atom stereocenters. The molecule has 0 spiro atoms. The number of amides is 2. The Morgan fingerprint density at radius 1 is 0.875 bits per heavy atom. The van der Waals surface area contributed by atoms with Crippen molar-refractivity contribution in [1.29, 1.82) is 0 Å². The Labute approximate surface area is 184 Å². The van der Waals surface area contributed by atoms with Crippen LogP contribution in [0.2, 0.25) is 0 Å². The lowest BCUT2D eigenvalue weighted by atomic mass is 9.62. The fourth-order valence-electron chi connectivity index (χ4n) is 4.87. The van der Waals surface area contributed by atoms with Crippen molar-refractivity contribution in [2.75, 3.05) is 6.54 Å². The number of benzene rings is 2. The molecule has 1 aliphatic rings. The molecule has 2 aromatic rings. The average Bonchev–Trinajstić information content (AvgIpc) is 2.64. The van der Waals surface area contributed by atoms with E-state index in [0.29, 0.717) is 25.0 Å². The Balaban J connectivity index is 1.69. The van der Waals surface area contributed by atoms with E-state index in [1.165, 1.54) is 0 Å². The summed E-state index contributed by atoms with van der Waals surface area (Å²) in [6, 6.07) is 5.24. The summed E-state index contributed by atoms with van der Waals surface area (Å²) < 4.78 is 54.1. The Kier molecular flexibility index (Phi) is 6.62. The van der Waals surface area contributed by atoms with Gasteiger partial charge in [-0.2, -0.15) is 0 Å². The first-order valence-corrected chi connectivity index (χ1v) is 10.4. The second-order valence-corrected chi connectivity index (χ2v) is 9.66. The molecule has 3 rings (SSSR count). The molecule has 0 aromatic heterocycles. The first kappa shape index (κ1) is 23.8. The van der Waals surface area contributed by atoms with Crippen molar-refractivity contribution >= 4 is 11.8 Å². The maximum atomic E-state index is 14.0. The summed E-state index contributed by atoms with van der Waals surface area (Å²) in [6.45, 7) is 6.23. The van der Waals surface area contributed by atoms with Gasteiger partial charge in [-0.05, 0) is 54.4 Å². The largest absolute Gasteiger partial charge is 0.351 e. The van der Waals surface area contributed by atoms with E-state index < -0.39 is 40.5 Å². The number of hydrogen-bond acceptors (Lipinski definition) is 2. The number of carbonyl (C=O) groups is 2. The quantitative estimate of drug-likeness (QED) is 0.631. The summed E-state index contributed by atoms with van der Waals surface area (Å²) in [4.78, 5) is 25.0. The van der Waals surface area contributed by atoms with Gasteiger partial charge in [-0.15, -0.1) is 0 Å². The van der Waals surface area contributed by atoms with Gasteiger partial charge in [0.2, 0.25) is 0 Å². The van der Waals surface area contributed by atoms with E-state index in [2.05, 4.69) is 10.6 Å². The Bertz CT molecular complexity index is 1040. The zero-order chi connectivity index (χ0) is 23.7. The van der Waals surface area contributed by atoms with Gasteiger partial charge >= 0.3 is 0 Å². The molecule has 172 valence electrons. The highest BCUT2D eigenvalue weighted by Crippen LogP contribution is 2.45. The standard InChI is InChI=1S/C24H26F4N2O2/c1-23(2)10-16(30-22(32)18-7-5-15(26)9-20(18)28)11-24(3,12-23)13-29-21(31)17-6-4-14(25)8-19(17)27/h4-9,16H,10-13H2,1-3H3,(H,29,31)(H,30,32)/t16-,24-/m1/s1. The van der Waals surface area contributed by atoms with E-state index in [1.807, 2.05) is 20.8 Å². The molecule has 32 heavy (non-hydrogen) atoms. The van der Waals surface area contributed by atoms with Crippen molar-refractivity contribution in [3.8, 4) is 0 Å². The minimum absolute atomic E-state index is 0.196. The summed E-state index contributed by atoms with van der Waals surface area (Å²) in [5.74, 6) is -4.70. The highest BCUT2D eigenvalue weighted by atomic mass is 19.1. The van der Waals surface area contributed by atoms with Gasteiger partial charge in [0.15, 0.2) is 0 Å². The van der Waals surface area contributed by atoms with Crippen LogP contribution in [0.25, 0.3) is 0 Å². The third-order valence-electron chi connectivity index (χ3n) is 5.81. The van der Waals surface area contributed by atoms with E-state index in [0.717, 1.165) is 30.7 Å². The molecule has 0 radical (unpaired) electrons. The number of rotatable bonds is 5. The molecule has 0 bridgehead atoms. The Morgan fingerprint density at radius 2 is 1.41 bits per heavy atom. The molecule has 1 saturated carbocycles. The predicted octanol–water partition coefficient (Wildman–Crippen LogP) is 4.99. The summed E-state index contributed by atoms with van der Waals surface area (Å²) in [5, 5.41) is 5.54. The minimum Gasteiger partial charge on any atom is -0.351 e. The van der Waals surface area contributed by atoms with Gasteiger partial charge in [0, 0.05) is 24.7 Å². The van der Waals surface area contributed by atoms with E-state index in [4.69, 9.17) is 0 Å². The lowest BCUT2D eigenvalue weighted by Gasteiger charge is -2.47. The van der Waals surface area contributed by atoms with Crippen LogP contribution in [0.4, 0.5) is 17.6 Å². The van der Waals surface area contributed by atoms with Gasteiger partial charge < -0.3 is 10.6 Å². The van der Waals surface area contributed by atoms with Crippen LogP contribution in [0, 0.1) is 34.1 Å². The minimum atomic E-state index is -0.942. The summed E-state index contributed by atoms with van der Waals surface area (Å²) in [7, 11) is 0. The van der Waals surface area contributed by atoms with Crippen LogP contribution in [0.3, 0.4) is 0 Å². The maximum Gasteiger partial charge on any atom is 0.254 e. The highest BCUT2D eigenvalue weighted by molar-refractivity contribution is 5.95. The SMILES string of the molecule is CC1(C)C[C@@H](NC(=O)c2ccc(F)cc2F)C[C@@](C)(CNC(=O)c2ccc(F)cc2F)C1. The number of hydrogen-bond donors (Lipinski definition) is 2. The third kappa shape index (κ3) is 5.66. The molecule has 1 fully saturated rings. The first-order valence-electron chi connectivity index (χ1n) is 10.4. The maximum absolute atomic E-state index is 14.0. The lowest BCUT2D eigenvalue weighted by Crippen LogP contribution is -2.50. The van der Waals surface area contributed by atoms with Gasteiger partial charge in [0.25, 0.3) is 11.8 Å². The van der Waals surface area contributed by atoms with Gasteiger partial charge in [-0.3, -0.25) is 9.59 Å². The smallest absolute Gasteiger partial charge is 0.254 e. The van der Waals surface area contributed by atoms with Gasteiger partial charge in [0.1, 0.15) is 23.3 Å². The zero-order valence-electron chi connectivity index (χ0n) is 18.2. The van der Waals surface area contributed by atoms with E-state index in [-0.39, 0.29) is 29.1 Å². The second kappa shape index (κ2) is 8.92. The van der Waals surface area contributed by atoms with Crippen molar-refractivity contribution in [1.82, 2.24) is 10.6 Å². The van der Waals surface area contributed by atoms with Crippen molar-refractivity contribution in [3.05, 3.63) is 70.8 Å². The van der Waals surface area contributed by atoms with Crippen LogP contribution in [-0.2, 0) is 0 Å². The molecule has 2 N–H and O–H groups in total. The molecule has 4 nitrogen and oxygen atoms in total. The van der Waals surface area contributed by atoms with Crippen molar-refractivity contribution in [2.24, 2.45) is 10.8 Å².